The maximum Gasteiger partial charge on any atom is 0.419 e. The summed E-state index contributed by atoms with van der Waals surface area (Å²) in [4.78, 5) is 29.1. The van der Waals surface area contributed by atoms with E-state index in [4.69, 9.17) is 0 Å². The van der Waals surface area contributed by atoms with Gasteiger partial charge in [0.25, 0.3) is 5.91 Å². The molecule has 0 aliphatic carbocycles. The third-order valence-corrected chi connectivity index (χ3v) is 6.23. The number of carbonyl (C=O) groups excluding carboxylic acids is 1. The Morgan fingerprint density at radius 2 is 1.84 bits per heavy atom. The number of nitrogens with zero attached hydrogens (tertiary/aromatic N) is 7. The van der Waals surface area contributed by atoms with Crippen LogP contribution in [-0.2, 0) is 12.6 Å². The summed E-state index contributed by atoms with van der Waals surface area (Å²) in [7, 11) is 0. The molecular weight excluding hydrogens is 423 g/mol. The molecule has 2 aliphatic heterocycles. The molecule has 3 aromatic heterocycles. The van der Waals surface area contributed by atoms with Gasteiger partial charge in [-0.25, -0.2) is 15.0 Å². The van der Waals surface area contributed by atoms with Crippen LogP contribution in [-0.4, -0.2) is 52.8 Å². The predicted molar refractivity (Wildman–Crippen MR) is 106 cm³/mol. The smallest absolute Gasteiger partial charge is 0.331 e. The zero-order valence-electron chi connectivity index (χ0n) is 17.2. The minimum Gasteiger partial charge on any atom is -0.331 e. The molecule has 2 bridgehead atoms. The molecule has 0 spiro atoms. The highest BCUT2D eigenvalue weighted by Gasteiger charge is 2.49. The van der Waals surface area contributed by atoms with Crippen LogP contribution in [0.1, 0.15) is 46.8 Å². The van der Waals surface area contributed by atoms with Crippen molar-refractivity contribution in [3.05, 3.63) is 59.7 Å². The normalized spacial score (nSPS) is 22.5. The molecular formula is C21H20F3N7O. The zero-order chi connectivity index (χ0) is 22.5. The fourth-order valence-electron chi connectivity index (χ4n) is 4.82. The van der Waals surface area contributed by atoms with Gasteiger partial charge >= 0.3 is 6.18 Å². The van der Waals surface area contributed by atoms with Crippen LogP contribution < -0.4 is 0 Å². The number of fused-ring (bicyclic) bond motifs is 2. The first-order chi connectivity index (χ1) is 15.3. The number of rotatable bonds is 4. The average molecular weight is 443 g/mol. The van der Waals surface area contributed by atoms with E-state index >= 15 is 0 Å². The quantitative estimate of drug-likeness (QED) is 0.616. The first-order valence-electron chi connectivity index (χ1n) is 10.4. The molecule has 2 fully saturated rings. The molecule has 32 heavy (non-hydrogen) atoms. The largest absolute Gasteiger partial charge is 0.419 e. The lowest BCUT2D eigenvalue weighted by Crippen LogP contribution is -2.38. The van der Waals surface area contributed by atoms with Gasteiger partial charge in [0.05, 0.1) is 18.0 Å². The van der Waals surface area contributed by atoms with Crippen molar-refractivity contribution in [3.8, 4) is 5.69 Å². The Hall–Kier alpha value is -3.37. The summed E-state index contributed by atoms with van der Waals surface area (Å²) >= 11 is 0. The van der Waals surface area contributed by atoms with Crippen LogP contribution in [0.25, 0.3) is 5.69 Å². The first kappa shape index (κ1) is 20.5. The van der Waals surface area contributed by atoms with E-state index in [2.05, 4.69) is 25.1 Å². The lowest BCUT2D eigenvalue weighted by Gasteiger charge is -2.25. The summed E-state index contributed by atoms with van der Waals surface area (Å²) in [5.74, 6) is 0.271. The summed E-state index contributed by atoms with van der Waals surface area (Å²) in [5.41, 5.74) is 0.658. The van der Waals surface area contributed by atoms with E-state index in [-0.39, 0.29) is 23.9 Å². The van der Waals surface area contributed by atoms with E-state index in [1.807, 2.05) is 11.8 Å². The van der Waals surface area contributed by atoms with Gasteiger partial charge in [0.1, 0.15) is 11.5 Å². The molecule has 3 unspecified atom stereocenters. The predicted octanol–water partition coefficient (Wildman–Crippen LogP) is 3.02. The van der Waals surface area contributed by atoms with E-state index in [0.29, 0.717) is 29.3 Å². The maximum absolute atomic E-state index is 13.6. The highest BCUT2D eigenvalue weighted by atomic mass is 19.4. The molecule has 1 amide bonds. The molecule has 0 aromatic carbocycles. The van der Waals surface area contributed by atoms with Gasteiger partial charge in [0, 0.05) is 36.6 Å². The van der Waals surface area contributed by atoms with E-state index in [1.54, 1.807) is 12.1 Å². The lowest BCUT2D eigenvalue weighted by atomic mass is 9.86. The van der Waals surface area contributed by atoms with Crippen molar-refractivity contribution in [2.45, 2.75) is 50.9 Å². The molecule has 5 heterocycles. The Balaban J connectivity index is 1.38. The Morgan fingerprint density at radius 3 is 2.53 bits per heavy atom. The molecule has 3 aromatic rings. The highest BCUT2D eigenvalue weighted by Crippen LogP contribution is 2.43. The Labute approximate surface area is 181 Å². The summed E-state index contributed by atoms with van der Waals surface area (Å²) in [5, 5.41) is 8.27. The molecule has 2 saturated heterocycles. The standard InChI is InChI=1S/C21H20F3N7O/c1-12-2-4-17(31-27-6-7-28-31)19(29-12)20(32)30-15-3-5-16(30)13(8-15)9-18-25-10-14(11-26-18)21(22,23)24/h2,4,6-7,10-11,13,15-16H,3,5,8-9H2,1H3. The molecule has 0 N–H and O–H groups in total. The molecule has 5 rings (SSSR count). The number of alkyl halides is 3. The van der Waals surface area contributed by atoms with Gasteiger partial charge < -0.3 is 4.90 Å². The summed E-state index contributed by atoms with van der Waals surface area (Å²) in [6.45, 7) is 1.82. The second-order valence-electron chi connectivity index (χ2n) is 8.24. The van der Waals surface area contributed by atoms with Crippen LogP contribution in [0, 0.1) is 12.8 Å². The van der Waals surface area contributed by atoms with Crippen molar-refractivity contribution in [2.75, 3.05) is 0 Å². The van der Waals surface area contributed by atoms with Crippen molar-refractivity contribution >= 4 is 5.91 Å². The lowest BCUT2D eigenvalue weighted by molar-refractivity contribution is -0.138. The number of aryl methyl sites for hydroxylation is 1. The molecule has 2 aliphatic rings. The second-order valence-corrected chi connectivity index (χ2v) is 8.24. The first-order valence-corrected chi connectivity index (χ1v) is 10.4. The van der Waals surface area contributed by atoms with Gasteiger partial charge in [-0.1, -0.05) is 0 Å². The topological polar surface area (TPSA) is 89.7 Å². The van der Waals surface area contributed by atoms with Crippen molar-refractivity contribution in [1.29, 1.82) is 0 Å². The Bertz CT molecular complexity index is 1130. The highest BCUT2D eigenvalue weighted by molar-refractivity contribution is 5.96. The van der Waals surface area contributed by atoms with Crippen LogP contribution in [0.15, 0.2) is 36.9 Å². The zero-order valence-corrected chi connectivity index (χ0v) is 17.2. The number of amides is 1. The van der Waals surface area contributed by atoms with Crippen LogP contribution in [0.5, 0.6) is 0 Å². The van der Waals surface area contributed by atoms with Crippen molar-refractivity contribution in [1.82, 2.24) is 34.8 Å². The minimum atomic E-state index is -4.46. The van der Waals surface area contributed by atoms with Crippen LogP contribution >= 0.6 is 0 Å². The van der Waals surface area contributed by atoms with E-state index in [0.717, 1.165) is 31.7 Å². The maximum atomic E-state index is 13.6. The van der Waals surface area contributed by atoms with Crippen LogP contribution in [0.4, 0.5) is 13.2 Å². The SMILES string of the molecule is Cc1ccc(-n2nccn2)c(C(=O)N2C3CCC2C(Cc2ncc(C(F)(F)F)cn2)C3)n1. The van der Waals surface area contributed by atoms with Crippen molar-refractivity contribution in [3.63, 3.8) is 0 Å². The van der Waals surface area contributed by atoms with E-state index in [9.17, 15) is 18.0 Å². The molecule has 11 heteroatoms. The number of hydrogen-bond donors (Lipinski definition) is 0. The number of aromatic nitrogens is 6. The molecule has 0 saturated carbocycles. The van der Waals surface area contributed by atoms with Crippen molar-refractivity contribution in [2.24, 2.45) is 5.92 Å². The number of carbonyl (C=O) groups is 1. The van der Waals surface area contributed by atoms with Gasteiger partial charge in [0.15, 0.2) is 5.69 Å². The summed E-state index contributed by atoms with van der Waals surface area (Å²) in [6.07, 6.45) is 3.17. The number of pyridine rings is 1. The summed E-state index contributed by atoms with van der Waals surface area (Å²) < 4.78 is 38.3. The molecule has 0 radical (unpaired) electrons. The van der Waals surface area contributed by atoms with Crippen LogP contribution in [0.2, 0.25) is 0 Å². The summed E-state index contributed by atoms with van der Waals surface area (Å²) in [6, 6.07) is 3.62. The molecule has 8 nitrogen and oxygen atoms in total. The average Bonchev–Trinajstić information content (AvgIpc) is 3.49. The fraction of sp³-hybridized carbons (Fsp3) is 0.429. The molecule has 3 atom stereocenters. The van der Waals surface area contributed by atoms with Crippen molar-refractivity contribution < 1.29 is 18.0 Å². The second kappa shape index (κ2) is 7.64. The van der Waals surface area contributed by atoms with Gasteiger partial charge in [0.2, 0.25) is 0 Å². The van der Waals surface area contributed by atoms with Crippen LogP contribution in [0.3, 0.4) is 0 Å². The van der Waals surface area contributed by atoms with Gasteiger partial charge in [-0.05, 0) is 44.2 Å². The molecule has 166 valence electrons. The van der Waals surface area contributed by atoms with Gasteiger partial charge in [-0.2, -0.15) is 23.4 Å². The fourth-order valence-corrected chi connectivity index (χ4v) is 4.82. The Morgan fingerprint density at radius 1 is 1.12 bits per heavy atom. The van der Waals surface area contributed by atoms with E-state index in [1.165, 1.54) is 17.2 Å². The van der Waals surface area contributed by atoms with Gasteiger partial charge in [-0.15, -0.1) is 4.80 Å². The number of halogens is 3. The monoisotopic (exact) mass is 443 g/mol. The minimum absolute atomic E-state index is 0.0286. The Kier molecular flexibility index (Phi) is 4.90. The van der Waals surface area contributed by atoms with E-state index < -0.39 is 11.7 Å². The number of hydrogen-bond acceptors (Lipinski definition) is 6. The third kappa shape index (κ3) is 3.61. The van der Waals surface area contributed by atoms with Gasteiger partial charge in [-0.3, -0.25) is 4.79 Å². The third-order valence-electron chi connectivity index (χ3n) is 6.23.